The van der Waals surface area contributed by atoms with E-state index in [4.69, 9.17) is 4.74 Å². The lowest BCUT2D eigenvalue weighted by Gasteiger charge is -2.33. The molecule has 0 spiro atoms. The zero-order valence-corrected chi connectivity index (χ0v) is 18.3. The van der Waals surface area contributed by atoms with Gasteiger partial charge in [0.15, 0.2) is 11.4 Å². The van der Waals surface area contributed by atoms with Gasteiger partial charge in [0.1, 0.15) is 6.33 Å². The molecule has 3 aromatic heterocycles. The lowest BCUT2D eigenvalue weighted by Crippen LogP contribution is -2.39. The van der Waals surface area contributed by atoms with Crippen LogP contribution in [0.25, 0.3) is 27.8 Å². The molecule has 8 nitrogen and oxygen atoms in total. The highest BCUT2D eigenvalue weighted by Crippen LogP contribution is 2.32. The third-order valence-electron chi connectivity index (χ3n) is 6.32. The van der Waals surface area contributed by atoms with Crippen LogP contribution in [0.15, 0.2) is 35.5 Å². The molecule has 162 valence electrons. The van der Waals surface area contributed by atoms with E-state index in [0.29, 0.717) is 11.4 Å². The third-order valence-corrected chi connectivity index (χ3v) is 6.32. The van der Waals surface area contributed by atoms with Crippen molar-refractivity contribution < 1.29 is 4.74 Å². The van der Waals surface area contributed by atoms with E-state index in [2.05, 4.69) is 45.9 Å². The first kappa shape index (κ1) is 19.8. The van der Waals surface area contributed by atoms with Crippen LogP contribution in [0.3, 0.4) is 0 Å². The summed E-state index contributed by atoms with van der Waals surface area (Å²) in [6, 6.07) is 6.36. The minimum absolute atomic E-state index is 0.0285. The van der Waals surface area contributed by atoms with Crippen molar-refractivity contribution in [2.24, 2.45) is 0 Å². The number of rotatable bonds is 5. The second kappa shape index (κ2) is 7.85. The van der Waals surface area contributed by atoms with Crippen LogP contribution >= 0.6 is 0 Å². The largest absolute Gasteiger partial charge is 0.493 e. The molecule has 31 heavy (non-hydrogen) atoms. The van der Waals surface area contributed by atoms with Crippen LogP contribution in [0.2, 0.25) is 0 Å². The number of piperidine rings is 1. The predicted octanol–water partition coefficient (Wildman–Crippen LogP) is 3.40. The van der Waals surface area contributed by atoms with E-state index in [1.54, 1.807) is 11.6 Å². The summed E-state index contributed by atoms with van der Waals surface area (Å²) in [5, 5.41) is 4.27. The highest BCUT2D eigenvalue weighted by Gasteiger charge is 2.24. The van der Waals surface area contributed by atoms with Crippen molar-refractivity contribution in [1.82, 2.24) is 29.0 Å². The molecule has 1 fully saturated rings. The molecule has 0 saturated carbocycles. The molecule has 1 saturated heterocycles. The van der Waals surface area contributed by atoms with Gasteiger partial charge in [0.05, 0.1) is 24.2 Å². The Balaban J connectivity index is 1.59. The van der Waals surface area contributed by atoms with Crippen molar-refractivity contribution in [1.29, 1.82) is 0 Å². The number of ether oxygens (including phenoxy) is 1. The maximum absolute atomic E-state index is 12.9. The second-order valence-corrected chi connectivity index (χ2v) is 8.41. The Hall–Kier alpha value is -3.13. The van der Waals surface area contributed by atoms with Gasteiger partial charge in [-0.1, -0.05) is 6.92 Å². The fraction of sp³-hybridized carbons (Fsp3) is 0.435. The van der Waals surface area contributed by atoms with Gasteiger partial charge in [0.2, 0.25) is 0 Å². The summed E-state index contributed by atoms with van der Waals surface area (Å²) in [7, 11) is 1.63. The first-order valence-electron chi connectivity index (χ1n) is 10.9. The Morgan fingerprint density at radius 3 is 2.97 bits per heavy atom. The van der Waals surface area contributed by atoms with E-state index in [9.17, 15) is 4.79 Å². The lowest BCUT2D eigenvalue weighted by atomic mass is 10.00. The molecule has 1 aliphatic rings. The van der Waals surface area contributed by atoms with Gasteiger partial charge in [-0.05, 0) is 68.6 Å². The molecule has 0 aliphatic carbocycles. The molecule has 0 amide bonds. The highest BCUT2D eigenvalue weighted by molar-refractivity contribution is 5.85. The molecule has 8 heteroatoms. The van der Waals surface area contributed by atoms with Crippen LogP contribution in [-0.4, -0.2) is 55.8 Å². The number of aromatic nitrogens is 5. The van der Waals surface area contributed by atoms with Gasteiger partial charge in [0.25, 0.3) is 0 Å². The summed E-state index contributed by atoms with van der Waals surface area (Å²) in [5.41, 5.74) is 5.59. The maximum Gasteiger partial charge on any atom is 0.326 e. The number of nitrogens with zero attached hydrogens (tertiary/aromatic N) is 5. The van der Waals surface area contributed by atoms with Crippen LogP contribution in [-0.2, 0) is 0 Å². The Morgan fingerprint density at radius 2 is 2.16 bits per heavy atom. The van der Waals surface area contributed by atoms with Crippen molar-refractivity contribution in [3.8, 4) is 16.9 Å². The first-order valence-corrected chi connectivity index (χ1v) is 10.9. The molecule has 1 aliphatic heterocycles. The summed E-state index contributed by atoms with van der Waals surface area (Å²) < 4.78 is 9.20. The number of nitrogens with one attached hydrogen (secondary N) is 1. The summed E-state index contributed by atoms with van der Waals surface area (Å²) in [6.07, 6.45) is 6.75. The van der Waals surface area contributed by atoms with Crippen molar-refractivity contribution in [3.05, 3.63) is 46.8 Å². The molecule has 1 aromatic carbocycles. The molecule has 1 atom stereocenters. The number of likely N-dealkylation sites (tertiary alicyclic amines) is 1. The van der Waals surface area contributed by atoms with E-state index < -0.39 is 0 Å². The minimum atomic E-state index is -0.0285. The molecule has 5 rings (SSSR count). The predicted molar refractivity (Wildman–Crippen MR) is 121 cm³/mol. The molecule has 4 heterocycles. The summed E-state index contributed by atoms with van der Waals surface area (Å²) in [5.74, 6) is 0.666. The van der Waals surface area contributed by atoms with Crippen LogP contribution in [0.1, 0.15) is 37.8 Å². The van der Waals surface area contributed by atoms with Gasteiger partial charge in [-0.3, -0.25) is 4.57 Å². The van der Waals surface area contributed by atoms with E-state index in [0.717, 1.165) is 66.6 Å². The fourth-order valence-electron chi connectivity index (χ4n) is 4.90. The number of H-pyrrole nitrogens is 1. The summed E-state index contributed by atoms with van der Waals surface area (Å²) in [6.45, 7) is 7.43. The number of benzene rings is 1. The molecular formula is C23H28N6O2. The van der Waals surface area contributed by atoms with Crippen molar-refractivity contribution in [3.63, 3.8) is 0 Å². The van der Waals surface area contributed by atoms with Gasteiger partial charge in [-0.2, -0.15) is 5.10 Å². The highest BCUT2D eigenvalue weighted by atomic mass is 16.5. The van der Waals surface area contributed by atoms with Gasteiger partial charge in [-0.25, -0.2) is 14.3 Å². The number of aryl methyl sites for hydroxylation is 1. The number of hydrogen-bond donors (Lipinski definition) is 1. The molecule has 0 radical (unpaired) electrons. The van der Waals surface area contributed by atoms with Crippen LogP contribution in [0, 0.1) is 6.92 Å². The number of fused-ring (bicyclic) bond motifs is 2. The monoisotopic (exact) mass is 420 g/mol. The zero-order valence-electron chi connectivity index (χ0n) is 18.3. The Labute approximate surface area is 180 Å². The number of methoxy groups -OCH3 is 1. The first-order chi connectivity index (χ1) is 15.1. The number of pyridine rings is 1. The smallest absolute Gasteiger partial charge is 0.326 e. The molecule has 1 N–H and O–H groups in total. The fourth-order valence-corrected chi connectivity index (χ4v) is 4.90. The van der Waals surface area contributed by atoms with Crippen LogP contribution in [0.4, 0.5) is 0 Å². The summed E-state index contributed by atoms with van der Waals surface area (Å²) >= 11 is 0. The normalized spacial score (nSPS) is 17.6. The topological polar surface area (TPSA) is 80.5 Å². The SMILES string of the molecule is CCCN1CCCC(n2c(=O)[nH]c3cc(-c4cc(OC)c5ncnn5c4)c(C)cc32)C1. The molecule has 0 bridgehead atoms. The molecule has 1 unspecified atom stereocenters. The quantitative estimate of drug-likeness (QED) is 0.535. The minimum Gasteiger partial charge on any atom is -0.493 e. The lowest BCUT2D eigenvalue weighted by molar-refractivity contribution is 0.178. The summed E-state index contributed by atoms with van der Waals surface area (Å²) in [4.78, 5) is 22.8. The number of imidazole rings is 1. The maximum atomic E-state index is 12.9. The van der Waals surface area contributed by atoms with E-state index in [-0.39, 0.29) is 11.7 Å². The van der Waals surface area contributed by atoms with E-state index in [1.165, 1.54) is 6.33 Å². The van der Waals surface area contributed by atoms with Crippen molar-refractivity contribution in [2.75, 3.05) is 26.7 Å². The van der Waals surface area contributed by atoms with E-state index >= 15 is 0 Å². The van der Waals surface area contributed by atoms with Crippen molar-refractivity contribution >= 4 is 16.7 Å². The van der Waals surface area contributed by atoms with Crippen molar-refractivity contribution in [2.45, 2.75) is 39.2 Å². The molecular weight excluding hydrogens is 392 g/mol. The van der Waals surface area contributed by atoms with Crippen LogP contribution < -0.4 is 10.4 Å². The Morgan fingerprint density at radius 1 is 1.29 bits per heavy atom. The van der Waals surface area contributed by atoms with Gasteiger partial charge in [-0.15, -0.1) is 0 Å². The number of aromatic amines is 1. The molecule has 4 aromatic rings. The Bertz CT molecular complexity index is 1300. The van der Waals surface area contributed by atoms with Crippen LogP contribution in [0.5, 0.6) is 5.75 Å². The van der Waals surface area contributed by atoms with Gasteiger partial charge >= 0.3 is 5.69 Å². The number of hydrogen-bond acceptors (Lipinski definition) is 5. The average Bonchev–Trinajstić information content (AvgIpc) is 3.36. The van der Waals surface area contributed by atoms with Gasteiger partial charge in [0, 0.05) is 18.3 Å². The van der Waals surface area contributed by atoms with Gasteiger partial charge < -0.3 is 14.6 Å². The standard InChI is InChI=1S/C23H28N6O2/c1-4-7-27-8-5-6-17(13-27)29-20-9-15(2)18(11-19(20)26-23(29)30)16-10-21(31-3)22-24-14-25-28(22)12-16/h9-12,14,17H,4-8,13H2,1-3H3,(H,26,30). The second-order valence-electron chi connectivity index (χ2n) is 8.41. The zero-order chi connectivity index (χ0) is 21.5. The Kier molecular flexibility index (Phi) is 5.02. The van der Waals surface area contributed by atoms with E-state index in [1.807, 2.05) is 16.8 Å². The average molecular weight is 421 g/mol. The third kappa shape index (κ3) is 3.40.